The number of ether oxygens (including phenoxy) is 1. The normalized spacial score (nSPS) is 17.3. The number of amides is 2. The summed E-state index contributed by atoms with van der Waals surface area (Å²) in [5, 5.41) is 5.98. The van der Waals surface area contributed by atoms with Gasteiger partial charge in [-0.25, -0.2) is 0 Å². The predicted molar refractivity (Wildman–Crippen MR) is 90.8 cm³/mol. The Morgan fingerprint density at radius 2 is 2.17 bits per heavy atom. The monoisotopic (exact) mass is 338 g/mol. The summed E-state index contributed by atoms with van der Waals surface area (Å²) in [7, 11) is 0. The van der Waals surface area contributed by atoms with E-state index in [1.807, 2.05) is 13.8 Å². The zero-order chi connectivity index (χ0) is 16.8. The van der Waals surface area contributed by atoms with Crippen LogP contribution < -0.4 is 10.6 Å². The van der Waals surface area contributed by atoms with Gasteiger partial charge < -0.3 is 15.4 Å². The van der Waals surface area contributed by atoms with Crippen LogP contribution in [0.2, 0.25) is 5.02 Å². The second-order valence-corrected chi connectivity index (χ2v) is 6.43. The lowest BCUT2D eigenvalue weighted by Gasteiger charge is -2.12. The van der Waals surface area contributed by atoms with E-state index >= 15 is 0 Å². The van der Waals surface area contributed by atoms with Crippen LogP contribution in [0.3, 0.4) is 0 Å². The maximum atomic E-state index is 12.3. The first-order valence-corrected chi connectivity index (χ1v) is 8.35. The van der Waals surface area contributed by atoms with Crippen molar-refractivity contribution in [3.05, 3.63) is 28.8 Å². The maximum Gasteiger partial charge on any atom is 0.252 e. The molecule has 1 saturated heterocycles. The Bertz CT molecular complexity index is 569. The average molecular weight is 339 g/mol. The van der Waals surface area contributed by atoms with Crippen LogP contribution in [0.4, 0.5) is 5.69 Å². The third kappa shape index (κ3) is 5.22. The largest absolute Gasteiger partial charge is 0.378 e. The Labute approximate surface area is 141 Å². The van der Waals surface area contributed by atoms with E-state index in [1.54, 1.807) is 18.2 Å². The number of carbonyl (C=O) groups is 2. The van der Waals surface area contributed by atoms with Crippen molar-refractivity contribution in [2.75, 3.05) is 18.5 Å². The molecular formula is C17H23ClN2O3. The van der Waals surface area contributed by atoms with E-state index in [-0.39, 0.29) is 23.8 Å². The van der Waals surface area contributed by atoms with Gasteiger partial charge in [0.05, 0.1) is 16.7 Å². The number of carbonyl (C=O) groups excluding carboxylic acids is 2. The van der Waals surface area contributed by atoms with E-state index in [4.69, 9.17) is 16.3 Å². The molecule has 1 aliphatic heterocycles. The fraction of sp³-hybridized carbons (Fsp3) is 0.529. The third-order valence-corrected chi connectivity index (χ3v) is 4.11. The highest BCUT2D eigenvalue weighted by Crippen LogP contribution is 2.21. The van der Waals surface area contributed by atoms with Crippen LogP contribution in [-0.4, -0.2) is 31.1 Å². The maximum absolute atomic E-state index is 12.3. The van der Waals surface area contributed by atoms with Crippen LogP contribution in [-0.2, 0) is 9.53 Å². The number of hydrogen-bond acceptors (Lipinski definition) is 3. The van der Waals surface area contributed by atoms with Crippen molar-refractivity contribution in [3.8, 4) is 0 Å². The summed E-state index contributed by atoms with van der Waals surface area (Å²) in [5.74, 6) is -0.472. The first kappa shape index (κ1) is 17.8. The van der Waals surface area contributed by atoms with Gasteiger partial charge in [-0.3, -0.25) is 9.59 Å². The highest BCUT2D eigenvalue weighted by molar-refractivity contribution is 6.34. The Morgan fingerprint density at radius 3 is 2.83 bits per heavy atom. The van der Waals surface area contributed by atoms with Crippen molar-refractivity contribution >= 4 is 29.1 Å². The quantitative estimate of drug-likeness (QED) is 0.836. The van der Waals surface area contributed by atoms with Gasteiger partial charge >= 0.3 is 0 Å². The lowest BCUT2D eigenvalue weighted by molar-refractivity contribution is -0.118. The van der Waals surface area contributed by atoms with Gasteiger partial charge in [-0.1, -0.05) is 25.4 Å². The third-order valence-electron chi connectivity index (χ3n) is 3.78. The van der Waals surface area contributed by atoms with E-state index in [0.717, 1.165) is 25.9 Å². The van der Waals surface area contributed by atoms with Crippen molar-refractivity contribution in [1.82, 2.24) is 5.32 Å². The van der Waals surface area contributed by atoms with Crippen molar-refractivity contribution in [3.63, 3.8) is 0 Å². The van der Waals surface area contributed by atoms with E-state index in [0.29, 0.717) is 22.8 Å². The van der Waals surface area contributed by atoms with Gasteiger partial charge in [0.15, 0.2) is 0 Å². The van der Waals surface area contributed by atoms with Crippen LogP contribution >= 0.6 is 11.6 Å². The Morgan fingerprint density at radius 1 is 1.39 bits per heavy atom. The molecule has 1 aliphatic rings. The fourth-order valence-corrected chi connectivity index (χ4v) is 2.58. The van der Waals surface area contributed by atoms with Crippen LogP contribution in [0.15, 0.2) is 18.2 Å². The molecule has 6 heteroatoms. The minimum Gasteiger partial charge on any atom is -0.378 e. The average Bonchev–Trinajstić information content (AvgIpc) is 3.02. The van der Waals surface area contributed by atoms with E-state index in [1.165, 1.54) is 0 Å². The highest BCUT2D eigenvalue weighted by atomic mass is 35.5. The van der Waals surface area contributed by atoms with Crippen molar-refractivity contribution in [2.45, 2.75) is 39.2 Å². The molecule has 1 aromatic carbocycles. The number of anilines is 1. The minimum absolute atomic E-state index is 0.0999. The SMILES string of the molecule is CC(C)C(=O)Nc1ccc(Cl)c(C(=O)NCC[C@H]2CCCO2)c1. The standard InChI is InChI=1S/C17H23ClN2O3/c1-11(2)16(21)20-12-5-6-15(18)14(10-12)17(22)19-8-7-13-4-3-9-23-13/h5-6,10-11,13H,3-4,7-9H2,1-2H3,(H,19,22)(H,20,21)/t13-/m1/s1. The molecule has 1 heterocycles. The number of halogens is 1. The molecule has 1 aromatic rings. The molecule has 1 fully saturated rings. The summed E-state index contributed by atoms with van der Waals surface area (Å²) < 4.78 is 5.52. The summed E-state index contributed by atoms with van der Waals surface area (Å²) in [4.78, 5) is 24.0. The highest BCUT2D eigenvalue weighted by Gasteiger charge is 2.17. The Hall–Kier alpha value is -1.59. The van der Waals surface area contributed by atoms with Gasteiger partial charge in [0.25, 0.3) is 5.91 Å². The van der Waals surface area contributed by atoms with E-state index in [9.17, 15) is 9.59 Å². The molecule has 0 radical (unpaired) electrons. The van der Waals surface area contributed by atoms with Gasteiger partial charge in [0, 0.05) is 24.8 Å². The van der Waals surface area contributed by atoms with Gasteiger partial charge in [0.2, 0.25) is 5.91 Å². The summed E-state index contributed by atoms with van der Waals surface area (Å²) in [6.07, 6.45) is 3.17. The zero-order valence-corrected chi connectivity index (χ0v) is 14.3. The first-order chi connectivity index (χ1) is 11.0. The molecule has 1 atom stereocenters. The predicted octanol–water partition coefficient (Wildman–Crippen LogP) is 3.23. The second-order valence-electron chi connectivity index (χ2n) is 6.02. The van der Waals surface area contributed by atoms with Gasteiger partial charge in [0.1, 0.15) is 0 Å². The molecular weight excluding hydrogens is 316 g/mol. The molecule has 0 aliphatic carbocycles. The van der Waals surface area contributed by atoms with E-state index < -0.39 is 0 Å². The second kappa shape index (κ2) is 8.31. The Kier molecular flexibility index (Phi) is 6.42. The summed E-state index contributed by atoms with van der Waals surface area (Å²) in [6, 6.07) is 4.91. The van der Waals surface area contributed by atoms with Crippen molar-refractivity contribution in [1.29, 1.82) is 0 Å². The molecule has 0 aromatic heterocycles. The number of benzene rings is 1. The Balaban J connectivity index is 1.93. The lowest BCUT2D eigenvalue weighted by atomic mass is 10.1. The van der Waals surface area contributed by atoms with E-state index in [2.05, 4.69) is 10.6 Å². The van der Waals surface area contributed by atoms with Crippen LogP contribution in [0.5, 0.6) is 0 Å². The molecule has 126 valence electrons. The summed E-state index contributed by atoms with van der Waals surface area (Å²) in [5.41, 5.74) is 0.929. The molecule has 2 amide bonds. The van der Waals surface area contributed by atoms with Crippen molar-refractivity contribution in [2.24, 2.45) is 5.92 Å². The molecule has 0 saturated carbocycles. The van der Waals surface area contributed by atoms with Crippen LogP contribution in [0.1, 0.15) is 43.5 Å². The molecule has 0 spiro atoms. The lowest BCUT2D eigenvalue weighted by Crippen LogP contribution is -2.27. The summed E-state index contributed by atoms with van der Waals surface area (Å²) >= 11 is 6.10. The van der Waals surface area contributed by atoms with Crippen molar-refractivity contribution < 1.29 is 14.3 Å². The van der Waals surface area contributed by atoms with Crippen LogP contribution in [0.25, 0.3) is 0 Å². The summed E-state index contributed by atoms with van der Waals surface area (Å²) in [6.45, 7) is 4.97. The molecule has 0 bridgehead atoms. The molecule has 5 nitrogen and oxygen atoms in total. The number of rotatable bonds is 6. The smallest absolute Gasteiger partial charge is 0.252 e. The zero-order valence-electron chi connectivity index (χ0n) is 13.5. The molecule has 2 N–H and O–H groups in total. The van der Waals surface area contributed by atoms with Gasteiger partial charge in [-0.05, 0) is 37.5 Å². The van der Waals surface area contributed by atoms with Gasteiger partial charge in [-0.15, -0.1) is 0 Å². The minimum atomic E-state index is -0.242. The topological polar surface area (TPSA) is 67.4 Å². The molecule has 2 rings (SSSR count). The van der Waals surface area contributed by atoms with Crippen LogP contribution in [0, 0.1) is 5.92 Å². The first-order valence-electron chi connectivity index (χ1n) is 7.97. The molecule has 0 unspecified atom stereocenters. The fourth-order valence-electron chi connectivity index (χ4n) is 2.38. The number of hydrogen-bond donors (Lipinski definition) is 2. The number of nitrogens with one attached hydrogen (secondary N) is 2. The van der Waals surface area contributed by atoms with Gasteiger partial charge in [-0.2, -0.15) is 0 Å². The molecule has 23 heavy (non-hydrogen) atoms.